The van der Waals surface area contributed by atoms with Crippen molar-refractivity contribution in [2.75, 3.05) is 0 Å². The average Bonchev–Trinajstić information content (AvgIpc) is 3.52. The van der Waals surface area contributed by atoms with Crippen molar-refractivity contribution in [2.45, 2.75) is 58.9 Å². The van der Waals surface area contributed by atoms with Gasteiger partial charge in [-0.3, -0.25) is 4.79 Å². The van der Waals surface area contributed by atoms with Crippen molar-refractivity contribution < 1.29 is 18.8 Å². The molecule has 1 fully saturated rings. The van der Waals surface area contributed by atoms with Gasteiger partial charge in [0, 0.05) is 46.4 Å². The number of furan rings is 1. The minimum absolute atomic E-state index is 0.182. The average molecular weight is 471 g/mol. The lowest BCUT2D eigenvalue weighted by Crippen LogP contribution is -2.21. The molecule has 0 spiro atoms. The number of oxime groups is 1. The van der Waals surface area contributed by atoms with Crippen molar-refractivity contribution in [1.29, 1.82) is 0 Å². The fraction of sp³-hybridized carbons (Fsp3) is 0.345. The van der Waals surface area contributed by atoms with E-state index in [1.807, 2.05) is 30.3 Å². The molecule has 180 valence electrons. The van der Waals surface area contributed by atoms with Crippen LogP contribution in [0, 0.1) is 5.92 Å². The molecule has 4 aromatic rings. The molecule has 1 aliphatic rings. The predicted molar refractivity (Wildman–Crippen MR) is 138 cm³/mol. The molecule has 0 atom stereocenters. The number of Topliss-reactive ketones (excluding diaryl/α,β-unsaturated/α-hetero) is 1. The highest BCUT2D eigenvalue weighted by Crippen LogP contribution is 2.34. The monoisotopic (exact) mass is 470 g/mol. The first-order chi connectivity index (χ1) is 17.0. The van der Waals surface area contributed by atoms with Gasteiger partial charge in [0.15, 0.2) is 0 Å². The van der Waals surface area contributed by atoms with E-state index in [1.54, 1.807) is 6.26 Å². The summed E-state index contributed by atoms with van der Waals surface area (Å²) in [6, 6.07) is 15.9. The Morgan fingerprint density at radius 3 is 2.46 bits per heavy atom. The smallest absolute Gasteiger partial charge is 0.331 e. The molecule has 1 saturated carbocycles. The van der Waals surface area contributed by atoms with Crippen LogP contribution in [0.1, 0.15) is 62.7 Å². The highest BCUT2D eigenvalue weighted by molar-refractivity contribution is 6.46. The van der Waals surface area contributed by atoms with Gasteiger partial charge in [-0.05, 0) is 67.8 Å². The number of aromatic nitrogens is 1. The zero-order chi connectivity index (χ0) is 24.4. The molecular formula is C29H30N2O4. The third-order valence-corrected chi connectivity index (χ3v) is 7.00. The van der Waals surface area contributed by atoms with E-state index >= 15 is 0 Å². The van der Waals surface area contributed by atoms with E-state index < -0.39 is 5.97 Å². The van der Waals surface area contributed by atoms with Crippen LogP contribution in [0.2, 0.25) is 0 Å². The number of carbonyl (C=O) groups excluding carboxylic acids is 2. The number of nitrogens with zero attached hydrogens (tertiary/aromatic N) is 2. The minimum Gasteiger partial charge on any atom is -0.464 e. The van der Waals surface area contributed by atoms with E-state index in [4.69, 9.17) is 9.25 Å². The number of ketones is 1. The maximum Gasteiger partial charge on any atom is 0.331 e. The van der Waals surface area contributed by atoms with Crippen molar-refractivity contribution in [3.8, 4) is 11.3 Å². The van der Waals surface area contributed by atoms with Gasteiger partial charge in [0.2, 0.25) is 5.78 Å². The fourth-order valence-electron chi connectivity index (χ4n) is 5.30. The van der Waals surface area contributed by atoms with Gasteiger partial charge in [-0.25, -0.2) is 4.79 Å². The Hall–Kier alpha value is -3.67. The maximum atomic E-state index is 13.6. The third-order valence-electron chi connectivity index (χ3n) is 7.00. The largest absolute Gasteiger partial charge is 0.464 e. The van der Waals surface area contributed by atoms with Crippen molar-refractivity contribution in [1.82, 2.24) is 4.57 Å². The van der Waals surface area contributed by atoms with E-state index in [0.29, 0.717) is 23.6 Å². The van der Waals surface area contributed by atoms with Gasteiger partial charge in [-0.2, -0.15) is 0 Å². The normalized spacial score (nSPS) is 15.1. The van der Waals surface area contributed by atoms with Gasteiger partial charge in [0.05, 0.1) is 6.26 Å². The SMILES string of the molecule is CCn1c2ccc(C(=O)/C(CC3CCCCC3)=N\OC(C)=O)cc2c2cc(-c3ccco3)ccc21. The van der Waals surface area contributed by atoms with Crippen molar-refractivity contribution in [2.24, 2.45) is 11.1 Å². The summed E-state index contributed by atoms with van der Waals surface area (Å²) in [6.45, 7) is 4.23. The zero-order valence-electron chi connectivity index (χ0n) is 20.3. The van der Waals surface area contributed by atoms with Crippen LogP contribution in [0.3, 0.4) is 0 Å². The molecule has 6 nitrogen and oxygen atoms in total. The number of hydrogen-bond donors (Lipinski definition) is 0. The Kier molecular flexibility index (Phi) is 6.53. The van der Waals surface area contributed by atoms with Crippen molar-refractivity contribution in [3.05, 3.63) is 60.4 Å². The molecule has 0 radical (unpaired) electrons. The summed E-state index contributed by atoms with van der Waals surface area (Å²) >= 11 is 0. The topological polar surface area (TPSA) is 73.8 Å². The molecule has 2 aromatic carbocycles. The van der Waals surface area contributed by atoms with Crippen LogP contribution in [0.5, 0.6) is 0 Å². The lowest BCUT2D eigenvalue weighted by molar-refractivity contribution is -0.140. The highest BCUT2D eigenvalue weighted by Gasteiger charge is 2.23. The number of rotatable bonds is 7. The van der Waals surface area contributed by atoms with Crippen molar-refractivity contribution in [3.63, 3.8) is 0 Å². The highest BCUT2D eigenvalue weighted by atomic mass is 16.7. The van der Waals surface area contributed by atoms with E-state index in [9.17, 15) is 9.59 Å². The van der Waals surface area contributed by atoms with Gasteiger partial charge >= 0.3 is 5.97 Å². The number of fused-ring (bicyclic) bond motifs is 3. The summed E-state index contributed by atoms with van der Waals surface area (Å²) in [5.41, 5.74) is 4.04. The Labute approximate surface area is 204 Å². The first-order valence-electron chi connectivity index (χ1n) is 12.4. The molecule has 2 aromatic heterocycles. The molecule has 5 rings (SSSR count). The Balaban J connectivity index is 1.57. The summed E-state index contributed by atoms with van der Waals surface area (Å²) in [7, 11) is 0. The van der Waals surface area contributed by atoms with Gasteiger partial charge < -0.3 is 13.8 Å². The first kappa shape index (κ1) is 23.1. The second-order valence-electron chi connectivity index (χ2n) is 9.34. The van der Waals surface area contributed by atoms with Crippen LogP contribution in [0.25, 0.3) is 33.1 Å². The lowest BCUT2D eigenvalue weighted by atomic mass is 9.84. The van der Waals surface area contributed by atoms with Crippen molar-refractivity contribution >= 4 is 39.3 Å². The summed E-state index contributed by atoms with van der Waals surface area (Å²) in [4.78, 5) is 30.0. The molecule has 6 heteroatoms. The van der Waals surface area contributed by atoms with Gasteiger partial charge in [-0.1, -0.05) is 37.3 Å². The van der Waals surface area contributed by atoms with Gasteiger partial charge in [0.1, 0.15) is 11.5 Å². The second-order valence-corrected chi connectivity index (χ2v) is 9.34. The lowest BCUT2D eigenvalue weighted by Gasteiger charge is -2.21. The van der Waals surface area contributed by atoms with Crippen LogP contribution >= 0.6 is 0 Å². The fourth-order valence-corrected chi connectivity index (χ4v) is 5.30. The summed E-state index contributed by atoms with van der Waals surface area (Å²) in [5, 5.41) is 6.08. The minimum atomic E-state index is -0.522. The predicted octanol–water partition coefficient (Wildman–Crippen LogP) is 7.15. The summed E-state index contributed by atoms with van der Waals surface area (Å²) in [6.07, 6.45) is 7.92. The van der Waals surface area contributed by atoms with E-state index in [1.165, 1.54) is 26.2 Å². The molecule has 0 bridgehead atoms. The Morgan fingerprint density at radius 1 is 1.03 bits per heavy atom. The number of benzene rings is 2. The number of carbonyl (C=O) groups is 2. The van der Waals surface area contributed by atoms with Gasteiger partial charge in [-0.15, -0.1) is 0 Å². The third kappa shape index (κ3) is 4.65. The zero-order valence-corrected chi connectivity index (χ0v) is 20.3. The van der Waals surface area contributed by atoms with Crippen LogP contribution in [-0.2, 0) is 16.2 Å². The van der Waals surface area contributed by atoms with Gasteiger partial charge in [0.25, 0.3) is 0 Å². The molecule has 0 amide bonds. The van der Waals surface area contributed by atoms with Crippen LogP contribution < -0.4 is 0 Å². The first-order valence-corrected chi connectivity index (χ1v) is 12.4. The standard InChI is InChI=1S/C29H30N2O4/c1-3-31-26-13-11-21(28-10-7-15-34-28)17-23(26)24-18-22(12-14-27(24)31)29(33)25(30-35-19(2)32)16-20-8-5-4-6-9-20/h7,10-15,17-18,20H,3-6,8-9,16H2,1-2H3/b30-25-. The number of aryl methyl sites for hydroxylation is 1. The Bertz CT molecular complexity index is 1410. The second kappa shape index (κ2) is 9.90. The molecule has 0 aliphatic heterocycles. The quantitative estimate of drug-likeness (QED) is 0.124. The molecule has 1 aliphatic carbocycles. The molecule has 0 saturated heterocycles. The Morgan fingerprint density at radius 2 is 1.77 bits per heavy atom. The maximum absolute atomic E-state index is 13.6. The van der Waals surface area contributed by atoms with E-state index in [-0.39, 0.29) is 5.78 Å². The summed E-state index contributed by atoms with van der Waals surface area (Å²) in [5.74, 6) is 0.493. The van der Waals surface area contributed by atoms with E-state index in [0.717, 1.165) is 52.5 Å². The summed E-state index contributed by atoms with van der Waals surface area (Å²) < 4.78 is 7.86. The molecule has 2 heterocycles. The molecular weight excluding hydrogens is 440 g/mol. The van der Waals surface area contributed by atoms with Crippen LogP contribution in [0.4, 0.5) is 0 Å². The van der Waals surface area contributed by atoms with Crippen LogP contribution in [-0.4, -0.2) is 22.0 Å². The number of hydrogen-bond acceptors (Lipinski definition) is 5. The van der Waals surface area contributed by atoms with E-state index in [2.05, 4.69) is 34.8 Å². The molecule has 35 heavy (non-hydrogen) atoms. The molecule has 0 unspecified atom stereocenters. The van der Waals surface area contributed by atoms with Crippen LogP contribution in [0.15, 0.2) is 64.4 Å². The molecule has 0 N–H and O–H groups in total.